The maximum Gasteiger partial charge on any atom is 0.150 e. The SMILES string of the molecule is CC1(C)c2ccccc2N(c2ccc(Cl)cc2)c2ccc3cc(C=O)ccc3c21. The lowest BCUT2D eigenvalue weighted by molar-refractivity contribution is 0.112. The number of hydrogen-bond donors (Lipinski definition) is 0. The largest absolute Gasteiger partial charge is 0.310 e. The maximum atomic E-state index is 11.3. The van der Waals surface area contributed by atoms with Crippen molar-refractivity contribution in [3.8, 4) is 0 Å². The van der Waals surface area contributed by atoms with E-state index in [0.29, 0.717) is 5.56 Å². The van der Waals surface area contributed by atoms with E-state index in [4.69, 9.17) is 11.6 Å². The van der Waals surface area contributed by atoms with E-state index in [0.717, 1.165) is 28.1 Å². The minimum atomic E-state index is -0.183. The van der Waals surface area contributed by atoms with Crippen LogP contribution in [0.3, 0.4) is 0 Å². The summed E-state index contributed by atoms with van der Waals surface area (Å²) >= 11 is 6.16. The Morgan fingerprint density at radius 2 is 1.62 bits per heavy atom. The van der Waals surface area contributed by atoms with Crippen molar-refractivity contribution in [2.45, 2.75) is 19.3 Å². The van der Waals surface area contributed by atoms with Gasteiger partial charge in [-0.3, -0.25) is 4.79 Å². The van der Waals surface area contributed by atoms with Crippen LogP contribution in [0.2, 0.25) is 5.02 Å². The summed E-state index contributed by atoms with van der Waals surface area (Å²) in [5, 5.41) is 2.97. The molecule has 0 atom stereocenters. The molecule has 1 heterocycles. The van der Waals surface area contributed by atoms with Crippen molar-refractivity contribution in [3.05, 3.63) is 101 Å². The van der Waals surface area contributed by atoms with Gasteiger partial charge in [0, 0.05) is 21.7 Å². The Bertz CT molecular complexity index is 1260. The second-order valence-corrected chi connectivity index (χ2v) is 8.45. The number of carbonyl (C=O) groups is 1. The number of benzene rings is 4. The third-order valence-electron chi connectivity index (χ3n) is 5.93. The van der Waals surface area contributed by atoms with Gasteiger partial charge in [-0.25, -0.2) is 0 Å². The van der Waals surface area contributed by atoms with Gasteiger partial charge in [-0.1, -0.05) is 61.8 Å². The molecule has 0 N–H and O–H groups in total. The van der Waals surface area contributed by atoms with Gasteiger partial charge in [0.15, 0.2) is 0 Å². The molecular weight excluding hydrogens is 378 g/mol. The first kappa shape index (κ1) is 18.0. The molecule has 0 bridgehead atoms. The van der Waals surface area contributed by atoms with Gasteiger partial charge in [0.25, 0.3) is 0 Å². The molecule has 29 heavy (non-hydrogen) atoms. The summed E-state index contributed by atoms with van der Waals surface area (Å²) in [7, 11) is 0. The van der Waals surface area contributed by atoms with Gasteiger partial charge in [0.05, 0.1) is 11.4 Å². The Hall–Kier alpha value is -3.10. The lowest BCUT2D eigenvalue weighted by atomic mass is 9.71. The first-order valence-corrected chi connectivity index (χ1v) is 10.1. The van der Waals surface area contributed by atoms with Crippen LogP contribution in [0.1, 0.15) is 35.3 Å². The number of aldehydes is 1. The molecule has 0 unspecified atom stereocenters. The van der Waals surface area contributed by atoms with E-state index >= 15 is 0 Å². The fourth-order valence-electron chi connectivity index (χ4n) is 4.58. The van der Waals surface area contributed by atoms with Gasteiger partial charge < -0.3 is 4.90 Å². The van der Waals surface area contributed by atoms with Crippen molar-refractivity contribution in [1.82, 2.24) is 0 Å². The van der Waals surface area contributed by atoms with Gasteiger partial charge in [-0.15, -0.1) is 0 Å². The average molecular weight is 398 g/mol. The second kappa shape index (κ2) is 6.47. The van der Waals surface area contributed by atoms with E-state index in [1.54, 1.807) is 0 Å². The third-order valence-corrected chi connectivity index (χ3v) is 6.18. The van der Waals surface area contributed by atoms with Gasteiger partial charge in [0.1, 0.15) is 6.29 Å². The highest BCUT2D eigenvalue weighted by Gasteiger charge is 2.37. The number of rotatable bonds is 2. The fourth-order valence-corrected chi connectivity index (χ4v) is 4.71. The topological polar surface area (TPSA) is 20.3 Å². The van der Waals surface area contributed by atoms with Crippen molar-refractivity contribution < 1.29 is 4.79 Å². The molecule has 0 radical (unpaired) electrons. The molecule has 1 aliphatic rings. The van der Waals surface area contributed by atoms with Crippen molar-refractivity contribution in [1.29, 1.82) is 0 Å². The summed E-state index contributed by atoms with van der Waals surface area (Å²) in [5.41, 5.74) is 6.45. The summed E-state index contributed by atoms with van der Waals surface area (Å²) < 4.78 is 0. The molecule has 0 fully saturated rings. The Balaban J connectivity index is 1.87. The van der Waals surface area contributed by atoms with Crippen LogP contribution in [0.25, 0.3) is 10.8 Å². The fraction of sp³-hybridized carbons (Fsp3) is 0.115. The molecular formula is C26H20ClNO. The highest BCUT2D eigenvalue weighted by molar-refractivity contribution is 6.30. The van der Waals surface area contributed by atoms with Gasteiger partial charge in [-0.05, 0) is 64.4 Å². The highest BCUT2D eigenvalue weighted by Crippen LogP contribution is 2.53. The number of para-hydroxylation sites is 1. The monoisotopic (exact) mass is 397 g/mol. The van der Waals surface area contributed by atoms with E-state index in [1.165, 1.54) is 22.2 Å². The minimum absolute atomic E-state index is 0.183. The maximum absolute atomic E-state index is 11.3. The van der Waals surface area contributed by atoms with Gasteiger partial charge >= 0.3 is 0 Å². The molecule has 0 spiro atoms. The molecule has 0 aromatic heterocycles. The molecule has 4 aromatic carbocycles. The molecule has 0 saturated carbocycles. The first-order valence-electron chi connectivity index (χ1n) is 9.68. The van der Waals surface area contributed by atoms with Crippen LogP contribution < -0.4 is 4.90 Å². The van der Waals surface area contributed by atoms with Crippen molar-refractivity contribution in [2.75, 3.05) is 4.90 Å². The van der Waals surface area contributed by atoms with Gasteiger partial charge in [0.2, 0.25) is 0 Å². The lowest BCUT2D eigenvalue weighted by Gasteiger charge is -2.42. The highest BCUT2D eigenvalue weighted by atomic mass is 35.5. The molecule has 0 amide bonds. The smallest absolute Gasteiger partial charge is 0.150 e. The average Bonchev–Trinajstić information content (AvgIpc) is 2.74. The zero-order chi connectivity index (χ0) is 20.2. The first-order chi connectivity index (χ1) is 14.0. The van der Waals surface area contributed by atoms with Crippen molar-refractivity contribution in [3.63, 3.8) is 0 Å². The van der Waals surface area contributed by atoms with Crippen LogP contribution in [0.4, 0.5) is 17.1 Å². The van der Waals surface area contributed by atoms with Crippen LogP contribution >= 0.6 is 11.6 Å². The third kappa shape index (κ3) is 2.67. The van der Waals surface area contributed by atoms with E-state index in [9.17, 15) is 4.79 Å². The molecule has 0 aliphatic carbocycles. The molecule has 1 aliphatic heterocycles. The quantitative estimate of drug-likeness (QED) is 0.328. The zero-order valence-corrected chi connectivity index (χ0v) is 17.1. The standard InChI is InChI=1S/C26H20ClNO/c1-26(2)22-5-3-4-6-23(22)28(20-11-9-19(27)10-12-20)24-14-8-18-15-17(16-29)7-13-21(18)25(24)26/h3-16H,1-2H3. The molecule has 5 rings (SSSR count). The summed E-state index contributed by atoms with van der Waals surface area (Å²) in [4.78, 5) is 13.6. The second-order valence-electron chi connectivity index (χ2n) is 8.01. The van der Waals surface area contributed by atoms with Gasteiger partial charge in [-0.2, -0.15) is 0 Å². The van der Waals surface area contributed by atoms with E-state index < -0.39 is 0 Å². The minimum Gasteiger partial charge on any atom is -0.310 e. The molecule has 0 saturated heterocycles. The van der Waals surface area contributed by atoms with E-state index in [-0.39, 0.29) is 5.41 Å². The zero-order valence-electron chi connectivity index (χ0n) is 16.3. The number of carbonyl (C=O) groups excluding carboxylic acids is 1. The number of fused-ring (bicyclic) bond motifs is 4. The van der Waals surface area contributed by atoms with Crippen LogP contribution in [-0.4, -0.2) is 6.29 Å². The number of halogens is 1. The summed E-state index contributed by atoms with van der Waals surface area (Å²) in [5.74, 6) is 0. The van der Waals surface area contributed by atoms with Crippen LogP contribution in [0.15, 0.2) is 78.9 Å². The Kier molecular flexibility index (Phi) is 4.01. The van der Waals surface area contributed by atoms with Crippen LogP contribution in [0, 0.1) is 0 Å². The van der Waals surface area contributed by atoms with Crippen LogP contribution in [-0.2, 0) is 5.41 Å². The van der Waals surface area contributed by atoms with E-state index in [2.05, 4.69) is 73.3 Å². The van der Waals surface area contributed by atoms with Crippen molar-refractivity contribution >= 4 is 45.7 Å². The summed E-state index contributed by atoms with van der Waals surface area (Å²) in [6.45, 7) is 4.55. The number of nitrogens with zero attached hydrogens (tertiary/aromatic N) is 1. The Morgan fingerprint density at radius 1 is 0.862 bits per heavy atom. The van der Waals surface area contributed by atoms with Crippen molar-refractivity contribution in [2.24, 2.45) is 0 Å². The molecule has 2 nitrogen and oxygen atoms in total. The molecule has 3 heteroatoms. The normalized spacial score (nSPS) is 14.4. The van der Waals surface area contributed by atoms with Crippen LogP contribution in [0.5, 0.6) is 0 Å². The Morgan fingerprint density at radius 3 is 2.38 bits per heavy atom. The predicted molar refractivity (Wildman–Crippen MR) is 121 cm³/mol. The number of hydrogen-bond acceptors (Lipinski definition) is 2. The summed E-state index contributed by atoms with van der Waals surface area (Å²) in [6, 6.07) is 26.7. The Labute approximate surface area is 175 Å². The molecule has 142 valence electrons. The number of anilines is 3. The lowest BCUT2D eigenvalue weighted by Crippen LogP contribution is -2.30. The summed E-state index contributed by atoms with van der Waals surface area (Å²) in [6.07, 6.45) is 0.902. The predicted octanol–water partition coefficient (Wildman–Crippen LogP) is 7.41. The molecule has 4 aromatic rings. The van der Waals surface area contributed by atoms with E-state index in [1.807, 2.05) is 24.3 Å².